The van der Waals surface area contributed by atoms with E-state index in [9.17, 15) is 0 Å². The van der Waals surface area contributed by atoms with Crippen LogP contribution >= 0.6 is 23.7 Å². The van der Waals surface area contributed by atoms with Crippen molar-refractivity contribution in [3.05, 3.63) is 40.3 Å². The van der Waals surface area contributed by atoms with Crippen LogP contribution in [0.25, 0.3) is 15.7 Å². The quantitative estimate of drug-likeness (QED) is 0.610. The largest absolute Gasteiger partial charge is 0.299 e. The first-order valence-electron chi connectivity index (χ1n) is 9.73. The lowest BCUT2D eigenvalue weighted by molar-refractivity contribution is 0.285. The summed E-state index contributed by atoms with van der Waals surface area (Å²) in [4.78, 5) is 2.71. The van der Waals surface area contributed by atoms with Crippen molar-refractivity contribution in [2.45, 2.75) is 45.4 Å². The zero-order chi connectivity index (χ0) is 16.1. The lowest BCUT2D eigenvalue weighted by Crippen LogP contribution is -2.32. The molecule has 0 unspecified atom stereocenters. The van der Waals surface area contributed by atoms with Crippen molar-refractivity contribution in [2.75, 3.05) is 19.6 Å². The summed E-state index contributed by atoms with van der Waals surface area (Å²) in [7, 11) is 0. The molecule has 4 aliphatic rings. The first-order valence-corrected chi connectivity index (χ1v) is 10.6. The van der Waals surface area contributed by atoms with E-state index in [0.717, 1.165) is 11.8 Å². The average molecular weight is 374 g/mol. The Balaban J connectivity index is 0.00000157. The molecule has 0 radical (unpaired) electrons. The van der Waals surface area contributed by atoms with Gasteiger partial charge >= 0.3 is 0 Å². The van der Waals surface area contributed by atoms with Gasteiger partial charge in [0.1, 0.15) is 0 Å². The van der Waals surface area contributed by atoms with Gasteiger partial charge in [0.25, 0.3) is 0 Å². The van der Waals surface area contributed by atoms with Crippen LogP contribution in [0.4, 0.5) is 0 Å². The van der Waals surface area contributed by atoms with E-state index in [2.05, 4.69) is 35.4 Å². The second-order valence-corrected chi connectivity index (χ2v) is 9.01. The van der Waals surface area contributed by atoms with Crippen molar-refractivity contribution in [2.24, 2.45) is 11.8 Å². The number of likely N-dealkylation sites (tertiary alicyclic amines) is 1. The Morgan fingerprint density at radius 2 is 1.76 bits per heavy atom. The number of hydrogen-bond donors (Lipinski definition) is 0. The van der Waals surface area contributed by atoms with Gasteiger partial charge in [-0.05, 0) is 116 Å². The number of hydrogen-bond acceptors (Lipinski definition) is 2. The summed E-state index contributed by atoms with van der Waals surface area (Å²) in [5, 5.41) is 3.79. The van der Waals surface area contributed by atoms with Gasteiger partial charge in [0.2, 0.25) is 0 Å². The number of fused-ring (bicyclic) bond motifs is 3. The summed E-state index contributed by atoms with van der Waals surface area (Å²) in [5.41, 5.74) is 6.54. The zero-order valence-corrected chi connectivity index (χ0v) is 16.7. The second kappa shape index (κ2) is 7.06. The maximum atomic E-state index is 2.71. The SMILES string of the molecule is Cc1csc2ccc(C3=C(CN4CCCC4)C4CCC3CC4)cc12.Cl. The summed E-state index contributed by atoms with van der Waals surface area (Å²) in [5.74, 6) is 1.69. The molecule has 0 spiro atoms. The first kappa shape index (κ1) is 17.6. The molecule has 3 aliphatic carbocycles. The van der Waals surface area contributed by atoms with Crippen LogP contribution in [0.3, 0.4) is 0 Å². The van der Waals surface area contributed by atoms with Crippen molar-refractivity contribution in [1.29, 1.82) is 0 Å². The predicted octanol–water partition coefficient (Wildman–Crippen LogP) is 6.30. The van der Waals surface area contributed by atoms with Gasteiger partial charge in [-0.25, -0.2) is 0 Å². The van der Waals surface area contributed by atoms with Gasteiger partial charge in [-0.1, -0.05) is 6.07 Å². The maximum absolute atomic E-state index is 2.71. The fraction of sp³-hybridized carbons (Fsp3) is 0.545. The lowest BCUT2D eigenvalue weighted by Gasteiger charge is -2.42. The fourth-order valence-electron chi connectivity index (χ4n) is 5.35. The summed E-state index contributed by atoms with van der Waals surface area (Å²) in [6.45, 7) is 6.14. The molecule has 3 heteroatoms. The molecule has 2 heterocycles. The molecule has 1 nitrogen and oxygen atoms in total. The summed E-state index contributed by atoms with van der Waals surface area (Å²) in [6, 6.07) is 7.28. The van der Waals surface area contributed by atoms with Gasteiger partial charge in [-0.3, -0.25) is 4.90 Å². The molecule has 1 aromatic heterocycles. The average Bonchev–Trinajstić information content (AvgIpc) is 3.26. The zero-order valence-electron chi connectivity index (χ0n) is 15.1. The summed E-state index contributed by atoms with van der Waals surface area (Å²) in [6.07, 6.45) is 8.52. The van der Waals surface area contributed by atoms with Crippen molar-refractivity contribution in [3.63, 3.8) is 0 Å². The van der Waals surface area contributed by atoms with Gasteiger partial charge in [0.05, 0.1) is 0 Å². The normalized spacial score (nSPS) is 26.4. The van der Waals surface area contributed by atoms with E-state index < -0.39 is 0 Å². The van der Waals surface area contributed by atoms with E-state index in [1.807, 2.05) is 16.9 Å². The smallest absolute Gasteiger partial charge is 0.0345 e. The minimum atomic E-state index is 0. The van der Waals surface area contributed by atoms with Gasteiger partial charge in [0.15, 0.2) is 0 Å². The predicted molar refractivity (Wildman–Crippen MR) is 112 cm³/mol. The van der Waals surface area contributed by atoms with Crippen molar-refractivity contribution in [1.82, 2.24) is 4.90 Å². The number of benzene rings is 1. The third-order valence-electron chi connectivity index (χ3n) is 6.64. The molecule has 2 fully saturated rings. The molecule has 25 heavy (non-hydrogen) atoms. The fourth-order valence-corrected chi connectivity index (χ4v) is 6.28. The van der Waals surface area contributed by atoms with E-state index in [4.69, 9.17) is 0 Å². The molecule has 1 saturated heterocycles. The van der Waals surface area contributed by atoms with Crippen molar-refractivity contribution < 1.29 is 0 Å². The maximum Gasteiger partial charge on any atom is 0.0345 e. The molecule has 0 N–H and O–H groups in total. The molecule has 6 rings (SSSR count). The van der Waals surface area contributed by atoms with Crippen LogP contribution in [0.1, 0.15) is 49.7 Å². The Labute approximate surface area is 161 Å². The Morgan fingerprint density at radius 1 is 1.04 bits per heavy atom. The topological polar surface area (TPSA) is 3.24 Å². The highest BCUT2D eigenvalue weighted by Crippen LogP contribution is 2.50. The molecule has 1 saturated carbocycles. The molecule has 1 aromatic carbocycles. The van der Waals surface area contributed by atoms with Crippen LogP contribution in [0.5, 0.6) is 0 Å². The van der Waals surface area contributed by atoms with Crippen LogP contribution in [0, 0.1) is 18.8 Å². The van der Waals surface area contributed by atoms with Crippen molar-refractivity contribution in [3.8, 4) is 0 Å². The Hall–Kier alpha value is -0.830. The number of rotatable bonds is 3. The highest BCUT2D eigenvalue weighted by molar-refractivity contribution is 7.17. The minimum Gasteiger partial charge on any atom is -0.299 e. The van der Waals surface area contributed by atoms with Crippen LogP contribution in [0.2, 0.25) is 0 Å². The van der Waals surface area contributed by atoms with E-state index in [1.54, 1.807) is 5.57 Å². The molecule has 134 valence electrons. The molecular formula is C22H28ClNS. The number of halogens is 1. The summed E-state index contributed by atoms with van der Waals surface area (Å²) >= 11 is 1.89. The minimum absolute atomic E-state index is 0. The van der Waals surface area contributed by atoms with Gasteiger partial charge in [0, 0.05) is 11.2 Å². The lowest BCUT2D eigenvalue weighted by atomic mass is 9.65. The van der Waals surface area contributed by atoms with E-state index in [-0.39, 0.29) is 12.4 Å². The molecular weight excluding hydrogens is 346 g/mol. The summed E-state index contributed by atoms with van der Waals surface area (Å²) < 4.78 is 1.44. The third-order valence-corrected chi connectivity index (χ3v) is 7.73. The van der Waals surface area contributed by atoms with Crippen LogP contribution in [0.15, 0.2) is 29.2 Å². The Morgan fingerprint density at radius 3 is 2.52 bits per heavy atom. The monoisotopic (exact) mass is 373 g/mol. The highest BCUT2D eigenvalue weighted by Gasteiger charge is 2.36. The van der Waals surface area contributed by atoms with E-state index in [1.165, 1.54) is 79.4 Å². The molecule has 2 aromatic rings. The van der Waals surface area contributed by atoms with E-state index >= 15 is 0 Å². The van der Waals surface area contributed by atoms with E-state index in [0.29, 0.717) is 0 Å². The number of nitrogens with zero attached hydrogens (tertiary/aromatic N) is 1. The molecule has 0 amide bonds. The Kier molecular flexibility index (Phi) is 4.96. The highest BCUT2D eigenvalue weighted by atomic mass is 35.5. The second-order valence-electron chi connectivity index (χ2n) is 8.10. The van der Waals surface area contributed by atoms with Crippen LogP contribution in [-0.4, -0.2) is 24.5 Å². The van der Waals surface area contributed by atoms with Gasteiger partial charge in [-0.15, -0.1) is 23.7 Å². The van der Waals surface area contributed by atoms with Crippen LogP contribution < -0.4 is 0 Å². The van der Waals surface area contributed by atoms with Crippen LogP contribution in [-0.2, 0) is 0 Å². The number of allylic oxidation sites excluding steroid dienone is 1. The molecule has 2 bridgehead atoms. The Bertz CT molecular complexity index is 791. The molecule has 1 aliphatic heterocycles. The van der Waals surface area contributed by atoms with Crippen molar-refractivity contribution >= 4 is 39.4 Å². The van der Waals surface area contributed by atoms with Gasteiger partial charge < -0.3 is 0 Å². The standard InChI is InChI=1S/C22H27NS.ClH/c1-15-14-24-21-9-8-18(12-19(15)21)22-17-6-4-16(5-7-17)20(22)13-23-10-2-3-11-23;/h8-9,12,14,16-17H,2-7,10-11,13H2,1H3;1H. The number of thiophene rings is 1. The van der Waals surface area contributed by atoms with Gasteiger partial charge in [-0.2, -0.15) is 0 Å². The number of aryl methyl sites for hydroxylation is 1. The first-order chi connectivity index (χ1) is 11.8. The molecule has 0 atom stereocenters. The third kappa shape index (κ3) is 3.07.